The number of benzene rings is 1. The minimum atomic E-state index is -0.290. The first kappa shape index (κ1) is 8.59. The summed E-state index contributed by atoms with van der Waals surface area (Å²) in [4.78, 5) is 12.1. The standard InChI is InChI=1S/C9H10N2OS/c10-9(12)7-5-6-3-1-2-4-8(6)13-11-7/h1-4,7,11H,5H2,(H2,10,12). The molecule has 3 N–H and O–H groups in total. The second-order valence-corrected chi connectivity index (χ2v) is 3.87. The summed E-state index contributed by atoms with van der Waals surface area (Å²) in [6.45, 7) is 0. The topological polar surface area (TPSA) is 55.1 Å². The van der Waals surface area contributed by atoms with E-state index in [1.807, 2.05) is 24.3 Å². The average Bonchev–Trinajstić information content (AvgIpc) is 2.17. The van der Waals surface area contributed by atoms with Crippen molar-refractivity contribution in [1.82, 2.24) is 4.72 Å². The Morgan fingerprint density at radius 1 is 1.54 bits per heavy atom. The first-order chi connectivity index (χ1) is 6.27. The first-order valence-electron chi connectivity index (χ1n) is 4.07. The Hall–Kier alpha value is -1.00. The second kappa shape index (κ2) is 3.40. The van der Waals surface area contributed by atoms with Gasteiger partial charge in [0.15, 0.2) is 0 Å². The van der Waals surface area contributed by atoms with Gasteiger partial charge in [0.2, 0.25) is 5.91 Å². The van der Waals surface area contributed by atoms with Gasteiger partial charge in [0.25, 0.3) is 0 Å². The molecule has 13 heavy (non-hydrogen) atoms. The molecule has 4 heteroatoms. The monoisotopic (exact) mass is 194 g/mol. The molecule has 0 spiro atoms. The van der Waals surface area contributed by atoms with E-state index in [1.54, 1.807) is 0 Å². The van der Waals surface area contributed by atoms with Crippen LogP contribution in [0.5, 0.6) is 0 Å². The van der Waals surface area contributed by atoms with Crippen molar-refractivity contribution in [2.75, 3.05) is 0 Å². The molecule has 0 bridgehead atoms. The van der Waals surface area contributed by atoms with Crippen molar-refractivity contribution in [3.05, 3.63) is 29.8 Å². The van der Waals surface area contributed by atoms with Crippen LogP contribution in [0.2, 0.25) is 0 Å². The maximum absolute atomic E-state index is 10.9. The SMILES string of the molecule is NC(=O)C1Cc2ccccc2SN1. The fourth-order valence-electron chi connectivity index (χ4n) is 1.33. The van der Waals surface area contributed by atoms with Crippen LogP contribution in [-0.2, 0) is 11.2 Å². The number of nitrogens with one attached hydrogen (secondary N) is 1. The lowest BCUT2D eigenvalue weighted by atomic mass is 10.1. The van der Waals surface area contributed by atoms with E-state index in [2.05, 4.69) is 4.72 Å². The zero-order valence-electron chi connectivity index (χ0n) is 6.99. The van der Waals surface area contributed by atoms with Crippen molar-refractivity contribution in [1.29, 1.82) is 0 Å². The van der Waals surface area contributed by atoms with Crippen molar-refractivity contribution < 1.29 is 4.79 Å². The largest absolute Gasteiger partial charge is 0.368 e. The van der Waals surface area contributed by atoms with E-state index >= 15 is 0 Å². The zero-order valence-corrected chi connectivity index (χ0v) is 7.80. The van der Waals surface area contributed by atoms with Crippen molar-refractivity contribution in [3.8, 4) is 0 Å². The summed E-state index contributed by atoms with van der Waals surface area (Å²) >= 11 is 1.47. The average molecular weight is 194 g/mol. The number of nitrogens with two attached hydrogens (primary N) is 1. The number of hydrogen-bond donors (Lipinski definition) is 2. The molecular weight excluding hydrogens is 184 g/mol. The molecule has 68 valence electrons. The van der Waals surface area contributed by atoms with Gasteiger partial charge in [0.1, 0.15) is 6.04 Å². The van der Waals surface area contributed by atoms with Gasteiger partial charge in [-0.25, -0.2) is 4.72 Å². The molecule has 1 aromatic carbocycles. The van der Waals surface area contributed by atoms with Gasteiger partial charge in [0, 0.05) is 4.90 Å². The molecule has 1 aromatic rings. The zero-order chi connectivity index (χ0) is 9.26. The summed E-state index contributed by atoms with van der Waals surface area (Å²) in [5, 5.41) is 0. The van der Waals surface area contributed by atoms with E-state index in [9.17, 15) is 4.79 Å². The molecule has 2 rings (SSSR count). The summed E-state index contributed by atoms with van der Waals surface area (Å²) < 4.78 is 3.02. The van der Waals surface area contributed by atoms with Gasteiger partial charge in [-0.1, -0.05) is 18.2 Å². The van der Waals surface area contributed by atoms with Gasteiger partial charge in [-0.15, -0.1) is 0 Å². The Morgan fingerprint density at radius 2 is 2.31 bits per heavy atom. The predicted molar refractivity (Wildman–Crippen MR) is 52.1 cm³/mol. The maximum Gasteiger partial charge on any atom is 0.235 e. The predicted octanol–water partition coefficient (Wildman–Crippen LogP) is 0.693. The molecule has 0 saturated carbocycles. The lowest BCUT2D eigenvalue weighted by molar-refractivity contribution is -0.119. The van der Waals surface area contributed by atoms with E-state index < -0.39 is 0 Å². The van der Waals surface area contributed by atoms with Crippen LogP contribution in [0.1, 0.15) is 5.56 Å². The van der Waals surface area contributed by atoms with Crippen LogP contribution in [0.4, 0.5) is 0 Å². The normalized spacial score (nSPS) is 20.8. The summed E-state index contributed by atoms with van der Waals surface area (Å²) in [6.07, 6.45) is 0.693. The van der Waals surface area contributed by atoms with Gasteiger partial charge in [0.05, 0.1) is 0 Å². The summed E-state index contributed by atoms with van der Waals surface area (Å²) in [5.41, 5.74) is 6.40. The molecule has 1 amide bonds. The van der Waals surface area contributed by atoms with E-state index in [1.165, 1.54) is 22.4 Å². The second-order valence-electron chi connectivity index (χ2n) is 2.99. The maximum atomic E-state index is 10.9. The Bertz CT molecular complexity index is 340. The summed E-state index contributed by atoms with van der Waals surface area (Å²) in [7, 11) is 0. The molecule has 0 radical (unpaired) electrons. The number of primary amides is 1. The third-order valence-electron chi connectivity index (χ3n) is 2.05. The van der Waals surface area contributed by atoms with Crippen LogP contribution < -0.4 is 10.5 Å². The molecule has 0 fully saturated rings. The lowest BCUT2D eigenvalue weighted by Crippen LogP contribution is -2.41. The van der Waals surface area contributed by atoms with Crippen LogP contribution in [0.15, 0.2) is 29.2 Å². The van der Waals surface area contributed by atoms with E-state index in [0.717, 1.165) is 0 Å². The van der Waals surface area contributed by atoms with E-state index in [0.29, 0.717) is 6.42 Å². The van der Waals surface area contributed by atoms with Crippen molar-refractivity contribution in [2.24, 2.45) is 5.73 Å². The molecule has 0 saturated heterocycles. The first-order valence-corrected chi connectivity index (χ1v) is 4.88. The molecule has 0 aliphatic carbocycles. The number of hydrogen-bond acceptors (Lipinski definition) is 3. The van der Waals surface area contributed by atoms with Gasteiger partial charge >= 0.3 is 0 Å². The molecule has 1 heterocycles. The molecule has 1 aliphatic heterocycles. The minimum absolute atomic E-state index is 0.236. The quantitative estimate of drug-likeness (QED) is 0.647. The van der Waals surface area contributed by atoms with E-state index in [-0.39, 0.29) is 11.9 Å². The highest BCUT2D eigenvalue weighted by Crippen LogP contribution is 2.26. The lowest BCUT2D eigenvalue weighted by Gasteiger charge is -2.22. The molecule has 0 aromatic heterocycles. The molecule has 1 aliphatic rings. The molecule has 1 atom stereocenters. The highest BCUT2D eigenvalue weighted by molar-refractivity contribution is 7.97. The van der Waals surface area contributed by atoms with Gasteiger partial charge < -0.3 is 5.73 Å². The fraction of sp³-hybridized carbons (Fsp3) is 0.222. The van der Waals surface area contributed by atoms with Gasteiger partial charge in [-0.2, -0.15) is 0 Å². The van der Waals surface area contributed by atoms with Crippen molar-refractivity contribution >= 4 is 17.9 Å². The van der Waals surface area contributed by atoms with Crippen LogP contribution >= 0.6 is 11.9 Å². The summed E-state index contributed by atoms with van der Waals surface area (Å²) in [5.74, 6) is -0.290. The number of carbonyl (C=O) groups excluding carboxylic acids is 1. The third-order valence-corrected chi connectivity index (χ3v) is 3.07. The van der Waals surface area contributed by atoms with Gasteiger partial charge in [-0.3, -0.25) is 4.79 Å². The van der Waals surface area contributed by atoms with Crippen LogP contribution in [-0.4, -0.2) is 11.9 Å². The smallest absolute Gasteiger partial charge is 0.235 e. The number of rotatable bonds is 1. The minimum Gasteiger partial charge on any atom is -0.368 e. The molecule has 3 nitrogen and oxygen atoms in total. The van der Waals surface area contributed by atoms with Crippen LogP contribution in [0, 0.1) is 0 Å². The highest BCUT2D eigenvalue weighted by Gasteiger charge is 2.21. The Morgan fingerprint density at radius 3 is 3.08 bits per heavy atom. The van der Waals surface area contributed by atoms with Crippen molar-refractivity contribution in [2.45, 2.75) is 17.4 Å². The summed E-state index contributed by atoms with van der Waals surface area (Å²) in [6, 6.07) is 7.78. The van der Waals surface area contributed by atoms with E-state index in [4.69, 9.17) is 5.73 Å². The Balaban J connectivity index is 2.24. The molecule has 1 unspecified atom stereocenters. The third kappa shape index (κ3) is 1.68. The number of carbonyl (C=O) groups is 1. The number of fused-ring (bicyclic) bond motifs is 1. The number of amides is 1. The van der Waals surface area contributed by atoms with Crippen LogP contribution in [0.3, 0.4) is 0 Å². The highest BCUT2D eigenvalue weighted by atomic mass is 32.2. The van der Waals surface area contributed by atoms with Gasteiger partial charge in [-0.05, 0) is 30.0 Å². The Labute approximate surface area is 80.8 Å². The molecular formula is C9H10N2OS. The van der Waals surface area contributed by atoms with Crippen molar-refractivity contribution in [3.63, 3.8) is 0 Å². The fourth-order valence-corrected chi connectivity index (χ4v) is 2.22. The Kier molecular flexibility index (Phi) is 2.24. The van der Waals surface area contributed by atoms with Crippen LogP contribution in [0.25, 0.3) is 0 Å².